The monoisotopic (exact) mass is 291 g/mol. The summed E-state index contributed by atoms with van der Waals surface area (Å²) in [5.41, 5.74) is 2.80. The van der Waals surface area contributed by atoms with Crippen LogP contribution < -0.4 is 4.90 Å². The zero-order chi connectivity index (χ0) is 15.6. The van der Waals surface area contributed by atoms with E-state index in [1.54, 1.807) is 4.90 Å². The van der Waals surface area contributed by atoms with Crippen LogP contribution >= 0.6 is 0 Å². The molecule has 2 rings (SSSR count). The van der Waals surface area contributed by atoms with Crippen LogP contribution in [0, 0.1) is 13.8 Å². The number of carbonyl (C=O) groups is 1. The molecule has 0 saturated carbocycles. The smallest absolute Gasteiger partial charge is 0.410 e. The molecule has 1 aromatic heterocycles. The van der Waals surface area contributed by atoms with Crippen LogP contribution in [0.1, 0.15) is 32.2 Å². The average Bonchev–Trinajstić information content (AvgIpc) is 2.35. The summed E-state index contributed by atoms with van der Waals surface area (Å²) >= 11 is 0. The maximum Gasteiger partial charge on any atom is 0.410 e. The topological polar surface area (TPSA) is 45.7 Å². The number of anilines is 1. The van der Waals surface area contributed by atoms with Crippen LogP contribution in [0.25, 0.3) is 0 Å². The molecule has 1 fully saturated rings. The lowest BCUT2D eigenvalue weighted by molar-refractivity contribution is 0.0240. The minimum Gasteiger partial charge on any atom is -0.444 e. The van der Waals surface area contributed by atoms with E-state index < -0.39 is 5.60 Å². The molecule has 0 bridgehead atoms. The minimum absolute atomic E-state index is 0.218. The number of hydrogen-bond acceptors (Lipinski definition) is 4. The third-order valence-electron chi connectivity index (χ3n) is 3.36. The summed E-state index contributed by atoms with van der Waals surface area (Å²) in [6.07, 6.45) is -0.218. The molecule has 0 N–H and O–H groups in total. The quantitative estimate of drug-likeness (QED) is 0.798. The molecule has 0 aromatic carbocycles. The summed E-state index contributed by atoms with van der Waals surface area (Å²) in [6.45, 7) is 12.7. The molecule has 0 unspecified atom stereocenters. The molecule has 21 heavy (non-hydrogen) atoms. The lowest BCUT2D eigenvalue weighted by atomic mass is 10.2. The molecule has 1 aromatic rings. The van der Waals surface area contributed by atoms with Crippen LogP contribution in [0.3, 0.4) is 0 Å². The standard InChI is InChI=1S/C16H25N3O2/c1-12-10-14(11-13(2)17-12)18-6-8-19(9-7-18)15(20)21-16(3,4)5/h10-11H,6-9H2,1-5H3. The number of nitrogens with zero attached hydrogens (tertiary/aromatic N) is 3. The van der Waals surface area contributed by atoms with Crippen molar-refractivity contribution >= 4 is 11.8 Å². The lowest BCUT2D eigenvalue weighted by Crippen LogP contribution is -2.50. The molecule has 0 radical (unpaired) electrons. The Hall–Kier alpha value is -1.78. The van der Waals surface area contributed by atoms with Crippen molar-refractivity contribution in [1.82, 2.24) is 9.88 Å². The predicted octanol–water partition coefficient (Wildman–Crippen LogP) is 2.76. The summed E-state index contributed by atoms with van der Waals surface area (Å²) in [5, 5.41) is 0. The van der Waals surface area contributed by atoms with Crippen molar-refractivity contribution in [2.24, 2.45) is 0 Å². The third kappa shape index (κ3) is 4.34. The maximum atomic E-state index is 12.0. The fraction of sp³-hybridized carbons (Fsp3) is 0.625. The molecular weight excluding hydrogens is 266 g/mol. The summed E-state index contributed by atoms with van der Waals surface area (Å²) in [5.74, 6) is 0. The highest BCUT2D eigenvalue weighted by atomic mass is 16.6. The molecule has 1 amide bonds. The highest BCUT2D eigenvalue weighted by Gasteiger charge is 2.26. The van der Waals surface area contributed by atoms with Crippen LogP contribution in [0.4, 0.5) is 10.5 Å². The van der Waals surface area contributed by atoms with Gasteiger partial charge in [0, 0.05) is 43.3 Å². The van der Waals surface area contributed by atoms with Gasteiger partial charge in [0.05, 0.1) is 0 Å². The summed E-state index contributed by atoms with van der Waals surface area (Å²) < 4.78 is 5.41. The normalized spacial score (nSPS) is 16.0. The van der Waals surface area contributed by atoms with Crippen LogP contribution in [-0.4, -0.2) is 47.8 Å². The first-order chi connectivity index (χ1) is 9.74. The molecule has 0 spiro atoms. The Kier molecular flexibility index (Phi) is 4.40. The second kappa shape index (κ2) is 5.92. The third-order valence-corrected chi connectivity index (χ3v) is 3.36. The van der Waals surface area contributed by atoms with Gasteiger partial charge >= 0.3 is 6.09 Å². The zero-order valence-corrected chi connectivity index (χ0v) is 13.6. The highest BCUT2D eigenvalue weighted by molar-refractivity contribution is 5.68. The van der Waals surface area contributed by atoms with E-state index in [1.165, 1.54) is 5.69 Å². The lowest BCUT2D eigenvalue weighted by Gasteiger charge is -2.36. The van der Waals surface area contributed by atoms with Crippen LogP contribution in [0.15, 0.2) is 12.1 Å². The van der Waals surface area contributed by atoms with E-state index in [0.29, 0.717) is 13.1 Å². The van der Waals surface area contributed by atoms with Gasteiger partial charge in [-0.25, -0.2) is 4.79 Å². The number of pyridine rings is 1. The molecule has 1 saturated heterocycles. The molecule has 0 atom stereocenters. The van der Waals surface area contributed by atoms with Gasteiger partial charge in [-0.05, 0) is 46.8 Å². The van der Waals surface area contributed by atoms with E-state index in [9.17, 15) is 4.79 Å². The minimum atomic E-state index is -0.437. The van der Waals surface area contributed by atoms with Gasteiger partial charge in [-0.2, -0.15) is 0 Å². The van der Waals surface area contributed by atoms with Crippen LogP contribution in [0.2, 0.25) is 0 Å². The van der Waals surface area contributed by atoms with Crippen LogP contribution in [-0.2, 0) is 4.74 Å². The van der Waals surface area contributed by atoms with Gasteiger partial charge in [-0.1, -0.05) is 0 Å². The van der Waals surface area contributed by atoms with Gasteiger partial charge in [0.15, 0.2) is 0 Å². The number of aromatic nitrogens is 1. The second-order valence-electron chi connectivity index (χ2n) is 6.56. The fourth-order valence-corrected chi connectivity index (χ4v) is 2.47. The van der Waals surface area contributed by atoms with E-state index >= 15 is 0 Å². The van der Waals surface area contributed by atoms with Crippen molar-refractivity contribution in [3.05, 3.63) is 23.5 Å². The fourth-order valence-electron chi connectivity index (χ4n) is 2.47. The first-order valence-electron chi connectivity index (χ1n) is 7.43. The molecular formula is C16H25N3O2. The maximum absolute atomic E-state index is 12.0. The van der Waals surface area contributed by atoms with Crippen molar-refractivity contribution in [2.75, 3.05) is 31.1 Å². The Morgan fingerprint density at radius 3 is 2.10 bits per heavy atom. The van der Waals surface area contributed by atoms with E-state index in [-0.39, 0.29) is 6.09 Å². The van der Waals surface area contributed by atoms with E-state index in [1.807, 2.05) is 34.6 Å². The Bertz CT molecular complexity index is 494. The van der Waals surface area contributed by atoms with E-state index in [0.717, 1.165) is 24.5 Å². The number of ether oxygens (including phenoxy) is 1. The average molecular weight is 291 g/mol. The van der Waals surface area contributed by atoms with Crippen molar-refractivity contribution < 1.29 is 9.53 Å². The molecule has 2 heterocycles. The molecule has 0 aliphatic carbocycles. The zero-order valence-electron chi connectivity index (χ0n) is 13.6. The Labute approximate surface area is 126 Å². The van der Waals surface area contributed by atoms with Crippen molar-refractivity contribution in [2.45, 2.75) is 40.2 Å². The second-order valence-corrected chi connectivity index (χ2v) is 6.56. The summed E-state index contributed by atoms with van der Waals surface area (Å²) in [7, 11) is 0. The van der Waals surface area contributed by atoms with Gasteiger partial charge in [0.25, 0.3) is 0 Å². The number of piperazine rings is 1. The van der Waals surface area contributed by atoms with Gasteiger partial charge < -0.3 is 14.5 Å². The van der Waals surface area contributed by atoms with Crippen LogP contribution in [0.5, 0.6) is 0 Å². The van der Waals surface area contributed by atoms with Crippen molar-refractivity contribution in [1.29, 1.82) is 0 Å². The molecule has 116 valence electrons. The number of hydrogen-bond donors (Lipinski definition) is 0. The van der Waals surface area contributed by atoms with Gasteiger partial charge in [-0.15, -0.1) is 0 Å². The highest BCUT2D eigenvalue weighted by Crippen LogP contribution is 2.19. The number of carbonyl (C=O) groups excluding carboxylic acids is 1. The molecule has 1 aliphatic rings. The summed E-state index contributed by atoms with van der Waals surface area (Å²) in [4.78, 5) is 20.5. The first kappa shape index (κ1) is 15.6. The largest absolute Gasteiger partial charge is 0.444 e. The van der Waals surface area contributed by atoms with Gasteiger partial charge in [-0.3, -0.25) is 4.98 Å². The van der Waals surface area contributed by atoms with Gasteiger partial charge in [0.1, 0.15) is 5.60 Å². The Morgan fingerprint density at radius 2 is 1.62 bits per heavy atom. The molecule has 1 aliphatic heterocycles. The Morgan fingerprint density at radius 1 is 1.10 bits per heavy atom. The van der Waals surface area contributed by atoms with E-state index in [2.05, 4.69) is 22.0 Å². The number of rotatable bonds is 1. The molecule has 5 heteroatoms. The number of amides is 1. The first-order valence-corrected chi connectivity index (χ1v) is 7.43. The summed E-state index contributed by atoms with van der Waals surface area (Å²) in [6, 6.07) is 4.19. The SMILES string of the molecule is Cc1cc(N2CCN(C(=O)OC(C)(C)C)CC2)cc(C)n1. The Balaban J connectivity index is 1.95. The van der Waals surface area contributed by atoms with E-state index in [4.69, 9.17) is 4.74 Å². The number of aryl methyl sites for hydroxylation is 2. The predicted molar refractivity (Wildman–Crippen MR) is 83.7 cm³/mol. The van der Waals surface area contributed by atoms with Gasteiger partial charge in [0.2, 0.25) is 0 Å². The molecule has 5 nitrogen and oxygen atoms in total. The van der Waals surface area contributed by atoms with Crippen molar-refractivity contribution in [3.63, 3.8) is 0 Å². The van der Waals surface area contributed by atoms with Crippen molar-refractivity contribution in [3.8, 4) is 0 Å².